The molecule has 1 fully saturated rings. The van der Waals surface area contributed by atoms with Crippen LogP contribution in [0.1, 0.15) is 69.3 Å². The summed E-state index contributed by atoms with van der Waals surface area (Å²) in [5.74, 6) is -0.451. The van der Waals surface area contributed by atoms with Crippen molar-refractivity contribution >= 4 is 12.1 Å². The van der Waals surface area contributed by atoms with Gasteiger partial charge in [0.05, 0.1) is 25.3 Å². The van der Waals surface area contributed by atoms with Crippen LogP contribution in [0.5, 0.6) is 0 Å². The minimum Gasteiger partial charge on any atom is -0.469 e. The zero-order valence-corrected chi connectivity index (χ0v) is 17.4. The Labute approximate surface area is 170 Å². The van der Waals surface area contributed by atoms with Gasteiger partial charge in [0.2, 0.25) is 0 Å². The number of fused-ring (bicyclic) bond motifs is 1. The Hall–Kier alpha value is -2.60. The van der Waals surface area contributed by atoms with Crippen molar-refractivity contribution < 1.29 is 23.8 Å². The van der Waals surface area contributed by atoms with Crippen molar-refractivity contribution in [3.8, 4) is 6.07 Å². The van der Waals surface area contributed by atoms with E-state index in [4.69, 9.17) is 14.2 Å². The molecule has 2 unspecified atom stereocenters. The summed E-state index contributed by atoms with van der Waals surface area (Å²) in [6, 6.07) is 1.32. The van der Waals surface area contributed by atoms with Gasteiger partial charge in [0.1, 0.15) is 11.8 Å². The highest BCUT2D eigenvalue weighted by molar-refractivity contribution is 5.74. The van der Waals surface area contributed by atoms with Crippen molar-refractivity contribution in [2.24, 2.45) is 0 Å². The first-order chi connectivity index (χ1) is 13.7. The van der Waals surface area contributed by atoms with Crippen molar-refractivity contribution in [2.75, 3.05) is 20.3 Å². The topological polar surface area (TPSA) is 107 Å². The predicted octanol–water partition coefficient (Wildman–Crippen LogP) is 2.66. The molecule has 1 aromatic rings. The third-order valence-corrected chi connectivity index (χ3v) is 5.02. The lowest BCUT2D eigenvalue weighted by Crippen LogP contribution is -2.43. The molecule has 0 saturated carbocycles. The number of carbonyl (C=O) groups excluding carboxylic acids is 2. The van der Waals surface area contributed by atoms with Crippen LogP contribution in [0.25, 0.3) is 0 Å². The SMILES string of the molecule is COC(=O)Cc1nn(C2CCCCO2)c2c1C(C#N)N(C(=O)OC(C)(C)C)CC2. The van der Waals surface area contributed by atoms with E-state index < -0.39 is 23.7 Å². The first-order valence-electron chi connectivity index (χ1n) is 9.93. The molecule has 2 aliphatic rings. The molecule has 3 heterocycles. The fraction of sp³-hybridized carbons (Fsp3) is 0.700. The number of nitriles is 1. The number of hydrogen-bond acceptors (Lipinski definition) is 7. The third kappa shape index (κ3) is 4.53. The highest BCUT2D eigenvalue weighted by Gasteiger charge is 2.39. The number of ether oxygens (including phenoxy) is 3. The Morgan fingerprint density at radius 3 is 2.69 bits per heavy atom. The number of rotatable bonds is 3. The third-order valence-electron chi connectivity index (χ3n) is 5.02. The lowest BCUT2D eigenvalue weighted by molar-refractivity contribution is -0.139. The largest absolute Gasteiger partial charge is 0.469 e. The number of carbonyl (C=O) groups is 2. The summed E-state index contributed by atoms with van der Waals surface area (Å²) in [5, 5.41) is 14.5. The molecule has 2 aliphatic heterocycles. The number of esters is 1. The maximum Gasteiger partial charge on any atom is 0.411 e. The molecule has 29 heavy (non-hydrogen) atoms. The van der Waals surface area contributed by atoms with Gasteiger partial charge in [-0.25, -0.2) is 9.48 Å². The van der Waals surface area contributed by atoms with Gasteiger partial charge < -0.3 is 14.2 Å². The molecule has 0 radical (unpaired) electrons. The number of aromatic nitrogens is 2. The summed E-state index contributed by atoms with van der Waals surface area (Å²) < 4.78 is 18.0. The number of hydrogen-bond donors (Lipinski definition) is 0. The summed E-state index contributed by atoms with van der Waals surface area (Å²) in [7, 11) is 1.31. The molecule has 1 aromatic heterocycles. The van der Waals surface area contributed by atoms with Crippen LogP contribution in [0.3, 0.4) is 0 Å². The van der Waals surface area contributed by atoms with Crippen molar-refractivity contribution in [1.29, 1.82) is 5.26 Å². The summed E-state index contributed by atoms with van der Waals surface area (Å²) in [6.45, 7) is 6.32. The summed E-state index contributed by atoms with van der Waals surface area (Å²) in [5.41, 5.74) is 1.19. The average molecular weight is 404 g/mol. The van der Waals surface area contributed by atoms with Gasteiger partial charge in [0.25, 0.3) is 0 Å². The standard InChI is InChI=1S/C20H28N4O5/c1-20(2,3)29-19(26)23-9-8-14-18(15(23)12-21)13(11-17(25)27-4)22-24(14)16-7-5-6-10-28-16/h15-16H,5-11H2,1-4H3. The van der Waals surface area contributed by atoms with E-state index in [2.05, 4.69) is 11.2 Å². The molecule has 158 valence electrons. The quantitative estimate of drug-likeness (QED) is 0.713. The highest BCUT2D eigenvalue weighted by Crippen LogP contribution is 2.36. The second-order valence-corrected chi connectivity index (χ2v) is 8.28. The fourth-order valence-corrected chi connectivity index (χ4v) is 3.76. The minimum absolute atomic E-state index is 0.0705. The van der Waals surface area contributed by atoms with Crippen LogP contribution in [0.15, 0.2) is 0 Å². The van der Waals surface area contributed by atoms with E-state index >= 15 is 0 Å². The smallest absolute Gasteiger partial charge is 0.411 e. The van der Waals surface area contributed by atoms with Crippen LogP contribution in [-0.4, -0.2) is 52.6 Å². The molecule has 1 saturated heterocycles. The first kappa shape index (κ1) is 21.1. The molecule has 0 bridgehead atoms. The zero-order chi connectivity index (χ0) is 21.2. The van der Waals surface area contributed by atoms with Crippen LogP contribution < -0.4 is 0 Å². The molecule has 9 nitrogen and oxygen atoms in total. The Morgan fingerprint density at radius 2 is 2.10 bits per heavy atom. The van der Waals surface area contributed by atoms with Crippen molar-refractivity contribution in [1.82, 2.24) is 14.7 Å². The molecule has 1 amide bonds. The highest BCUT2D eigenvalue weighted by atomic mass is 16.6. The lowest BCUT2D eigenvalue weighted by atomic mass is 9.96. The van der Waals surface area contributed by atoms with Crippen LogP contribution in [0.2, 0.25) is 0 Å². The van der Waals surface area contributed by atoms with Gasteiger partial charge in [0, 0.05) is 30.8 Å². The van der Waals surface area contributed by atoms with E-state index in [1.165, 1.54) is 12.0 Å². The van der Waals surface area contributed by atoms with Crippen molar-refractivity contribution in [3.05, 3.63) is 17.0 Å². The van der Waals surface area contributed by atoms with Crippen LogP contribution in [-0.2, 0) is 31.8 Å². The molecular weight excluding hydrogens is 376 g/mol. The van der Waals surface area contributed by atoms with Gasteiger partial charge in [-0.2, -0.15) is 10.4 Å². The van der Waals surface area contributed by atoms with Gasteiger partial charge in [-0.3, -0.25) is 9.69 Å². The monoisotopic (exact) mass is 404 g/mol. The lowest BCUT2D eigenvalue weighted by Gasteiger charge is -2.34. The second kappa shape index (κ2) is 8.41. The van der Waals surface area contributed by atoms with Crippen LogP contribution >= 0.6 is 0 Å². The molecule has 0 aliphatic carbocycles. The van der Waals surface area contributed by atoms with E-state index in [9.17, 15) is 14.9 Å². The Morgan fingerprint density at radius 1 is 1.34 bits per heavy atom. The van der Waals surface area contributed by atoms with Crippen LogP contribution in [0, 0.1) is 11.3 Å². The van der Waals surface area contributed by atoms with E-state index in [1.807, 2.05) is 0 Å². The van der Waals surface area contributed by atoms with Gasteiger partial charge in [-0.05, 0) is 40.0 Å². The van der Waals surface area contributed by atoms with Crippen LogP contribution in [0.4, 0.5) is 4.79 Å². The van der Waals surface area contributed by atoms with E-state index in [0.29, 0.717) is 30.8 Å². The molecule has 0 spiro atoms. The van der Waals surface area contributed by atoms with E-state index in [-0.39, 0.29) is 12.6 Å². The Balaban J connectivity index is 2.00. The number of amides is 1. The maximum atomic E-state index is 12.7. The summed E-state index contributed by atoms with van der Waals surface area (Å²) in [4.78, 5) is 26.1. The fourth-order valence-electron chi connectivity index (χ4n) is 3.76. The van der Waals surface area contributed by atoms with Gasteiger partial charge in [-0.15, -0.1) is 0 Å². The first-order valence-corrected chi connectivity index (χ1v) is 9.93. The molecular formula is C20H28N4O5. The Kier molecular flexibility index (Phi) is 6.13. The average Bonchev–Trinajstić information content (AvgIpc) is 3.05. The predicted molar refractivity (Wildman–Crippen MR) is 102 cm³/mol. The van der Waals surface area contributed by atoms with Gasteiger partial charge >= 0.3 is 12.1 Å². The number of methoxy groups -OCH3 is 1. The van der Waals surface area contributed by atoms with E-state index in [0.717, 1.165) is 25.0 Å². The molecule has 9 heteroatoms. The number of nitrogens with zero attached hydrogens (tertiary/aromatic N) is 4. The minimum atomic E-state index is -0.884. The van der Waals surface area contributed by atoms with Crippen molar-refractivity contribution in [2.45, 2.75) is 70.7 Å². The summed E-state index contributed by atoms with van der Waals surface area (Å²) in [6.07, 6.45) is 2.49. The van der Waals surface area contributed by atoms with Crippen molar-refractivity contribution in [3.63, 3.8) is 0 Å². The molecule has 3 rings (SSSR count). The molecule has 0 aromatic carbocycles. The summed E-state index contributed by atoms with van der Waals surface area (Å²) >= 11 is 0. The maximum absolute atomic E-state index is 12.7. The molecule has 0 N–H and O–H groups in total. The van der Waals surface area contributed by atoms with E-state index in [1.54, 1.807) is 25.5 Å². The second-order valence-electron chi connectivity index (χ2n) is 8.28. The van der Waals surface area contributed by atoms with Gasteiger partial charge in [0.15, 0.2) is 6.04 Å². The normalized spacial score (nSPS) is 21.8. The van der Waals surface area contributed by atoms with Gasteiger partial charge in [-0.1, -0.05) is 0 Å². The Bertz CT molecular complexity index is 814. The zero-order valence-electron chi connectivity index (χ0n) is 17.4. The molecule has 2 atom stereocenters.